The summed E-state index contributed by atoms with van der Waals surface area (Å²) in [4.78, 5) is 0. The van der Waals surface area contributed by atoms with Crippen molar-refractivity contribution in [3.8, 4) is 0 Å². The largest absolute Gasteiger partial charge is 0.416 e. The molecule has 0 aliphatic carbocycles. The van der Waals surface area contributed by atoms with Gasteiger partial charge in [0.2, 0.25) is 0 Å². The van der Waals surface area contributed by atoms with Gasteiger partial charge in [-0.1, -0.05) is 11.6 Å². The molecule has 0 aromatic heterocycles. The van der Waals surface area contributed by atoms with Gasteiger partial charge in [-0.2, -0.15) is 13.2 Å². The molecule has 0 heterocycles. The van der Waals surface area contributed by atoms with Crippen LogP contribution >= 0.6 is 27.5 Å². The van der Waals surface area contributed by atoms with E-state index in [1.807, 2.05) is 0 Å². The second-order valence-corrected chi connectivity index (χ2v) is 5.77. The normalized spacial score (nSPS) is 11.5. The van der Waals surface area contributed by atoms with Gasteiger partial charge in [0.15, 0.2) is 0 Å². The monoisotopic (exact) mass is 378 g/mol. The lowest BCUT2D eigenvalue weighted by atomic mass is 10.1. The van der Waals surface area contributed by atoms with Crippen molar-refractivity contribution in [2.45, 2.75) is 13.1 Å². The quantitative estimate of drug-likeness (QED) is 0.651. The zero-order valence-electron chi connectivity index (χ0n) is 10.9. The molecule has 3 N–H and O–H groups in total. The topological polar surface area (TPSA) is 38.0 Å². The Morgan fingerprint density at radius 2 is 1.81 bits per heavy atom. The molecule has 21 heavy (non-hydrogen) atoms. The Morgan fingerprint density at radius 3 is 2.43 bits per heavy atom. The number of aryl methyl sites for hydroxylation is 1. The highest BCUT2D eigenvalue weighted by Crippen LogP contribution is 2.37. The van der Waals surface area contributed by atoms with Crippen LogP contribution in [0.25, 0.3) is 0 Å². The van der Waals surface area contributed by atoms with Gasteiger partial charge < -0.3 is 11.1 Å². The molecule has 2 aromatic carbocycles. The number of halogens is 5. The molecule has 7 heteroatoms. The highest BCUT2D eigenvalue weighted by atomic mass is 79.9. The van der Waals surface area contributed by atoms with Crippen LogP contribution in [0.1, 0.15) is 11.1 Å². The predicted molar refractivity (Wildman–Crippen MR) is 83.0 cm³/mol. The number of rotatable bonds is 2. The zero-order valence-corrected chi connectivity index (χ0v) is 13.2. The van der Waals surface area contributed by atoms with Crippen LogP contribution in [0.5, 0.6) is 0 Å². The summed E-state index contributed by atoms with van der Waals surface area (Å²) in [5.41, 5.74) is 7.15. The molecule has 0 saturated carbocycles. The molecule has 0 atom stereocenters. The van der Waals surface area contributed by atoms with E-state index in [0.29, 0.717) is 15.8 Å². The fraction of sp³-hybridized carbons (Fsp3) is 0.143. The van der Waals surface area contributed by atoms with Crippen molar-refractivity contribution in [2.75, 3.05) is 11.1 Å². The molecule has 0 aliphatic rings. The molecule has 0 fully saturated rings. The number of benzene rings is 2. The van der Waals surface area contributed by atoms with Gasteiger partial charge in [-0.15, -0.1) is 0 Å². The first-order valence-corrected chi connectivity index (χ1v) is 7.05. The molecule has 0 spiro atoms. The van der Waals surface area contributed by atoms with Crippen molar-refractivity contribution in [3.05, 3.63) is 51.0 Å². The van der Waals surface area contributed by atoms with E-state index in [0.717, 1.165) is 17.7 Å². The van der Waals surface area contributed by atoms with Gasteiger partial charge in [0.25, 0.3) is 0 Å². The van der Waals surface area contributed by atoms with Crippen molar-refractivity contribution < 1.29 is 13.2 Å². The molecule has 112 valence electrons. The minimum absolute atomic E-state index is 0.177. The van der Waals surface area contributed by atoms with Crippen molar-refractivity contribution in [1.29, 1.82) is 0 Å². The number of anilines is 3. The Bertz CT molecular complexity index is 687. The number of nitrogens with one attached hydrogen (secondary N) is 1. The van der Waals surface area contributed by atoms with Gasteiger partial charge in [0, 0.05) is 10.2 Å². The Balaban J connectivity index is 2.42. The lowest BCUT2D eigenvalue weighted by molar-refractivity contribution is -0.137. The van der Waals surface area contributed by atoms with Crippen LogP contribution in [0.4, 0.5) is 30.2 Å². The number of hydrogen-bond acceptors (Lipinski definition) is 2. The third kappa shape index (κ3) is 3.63. The number of alkyl halides is 3. The Hall–Kier alpha value is -1.40. The van der Waals surface area contributed by atoms with Crippen LogP contribution in [-0.4, -0.2) is 0 Å². The fourth-order valence-corrected chi connectivity index (χ4v) is 2.36. The van der Waals surface area contributed by atoms with Gasteiger partial charge in [-0.05, 0) is 58.7 Å². The van der Waals surface area contributed by atoms with E-state index in [2.05, 4.69) is 21.2 Å². The summed E-state index contributed by atoms with van der Waals surface area (Å²) in [6, 6.07) is 6.54. The van der Waals surface area contributed by atoms with E-state index in [9.17, 15) is 13.2 Å². The first-order chi connectivity index (χ1) is 9.68. The molecule has 0 unspecified atom stereocenters. The highest BCUT2D eigenvalue weighted by Gasteiger charge is 2.31. The zero-order chi connectivity index (χ0) is 15.8. The summed E-state index contributed by atoms with van der Waals surface area (Å²) in [7, 11) is 0. The van der Waals surface area contributed by atoms with Crippen LogP contribution in [0.3, 0.4) is 0 Å². The summed E-state index contributed by atoms with van der Waals surface area (Å²) in [5.74, 6) is 0. The van der Waals surface area contributed by atoms with Crippen LogP contribution in [0.2, 0.25) is 5.02 Å². The average Bonchev–Trinajstić information content (AvgIpc) is 2.37. The SMILES string of the molecule is Cc1cc(Nc2cc(C(F)(F)F)ccc2Cl)c(Br)cc1N. The van der Waals surface area contributed by atoms with E-state index in [-0.39, 0.29) is 10.7 Å². The molecule has 0 amide bonds. The smallest absolute Gasteiger partial charge is 0.398 e. The standard InChI is InChI=1S/C14H11BrClF3N2/c1-7-4-12(9(15)6-11(7)20)21-13-5-8(14(17,18)19)2-3-10(13)16/h2-6,21H,20H2,1H3. The maximum absolute atomic E-state index is 12.7. The molecule has 2 nitrogen and oxygen atoms in total. The molecule has 0 aliphatic heterocycles. The first-order valence-electron chi connectivity index (χ1n) is 5.88. The summed E-state index contributed by atoms with van der Waals surface area (Å²) in [6.45, 7) is 1.81. The maximum atomic E-state index is 12.7. The molecular weight excluding hydrogens is 369 g/mol. The minimum Gasteiger partial charge on any atom is -0.398 e. The van der Waals surface area contributed by atoms with E-state index in [1.165, 1.54) is 6.07 Å². The number of nitrogens with two attached hydrogens (primary N) is 1. The first kappa shape index (κ1) is 16.0. The Labute approximate surface area is 133 Å². The van der Waals surface area contributed by atoms with Crippen molar-refractivity contribution in [3.63, 3.8) is 0 Å². The minimum atomic E-state index is -4.42. The van der Waals surface area contributed by atoms with Gasteiger partial charge in [-0.25, -0.2) is 0 Å². The van der Waals surface area contributed by atoms with Crippen molar-refractivity contribution >= 4 is 44.6 Å². The average molecular weight is 380 g/mol. The van der Waals surface area contributed by atoms with E-state index in [1.54, 1.807) is 19.1 Å². The summed E-state index contributed by atoms with van der Waals surface area (Å²) < 4.78 is 38.9. The van der Waals surface area contributed by atoms with E-state index >= 15 is 0 Å². The number of hydrogen-bond donors (Lipinski definition) is 2. The summed E-state index contributed by atoms with van der Waals surface area (Å²) in [5, 5.41) is 3.09. The van der Waals surface area contributed by atoms with Crippen LogP contribution in [0.15, 0.2) is 34.8 Å². The van der Waals surface area contributed by atoms with Gasteiger partial charge in [-0.3, -0.25) is 0 Å². The molecule has 2 rings (SSSR count). The summed E-state index contributed by atoms with van der Waals surface area (Å²) in [6.07, 6.45) is -4.42. The Kier molecular flexibility index (Phi) is 4.39. The molecule has 2 aromatic rings. The lowest BCUT2D eigenvalue weighted by Gasteiger charge is -2.14. The van der Waals surface area contributed by atoms with Crippen molar-refractivity contribution in [2.24, 2.45) is 0 Å². The lowest BCUT2D eigenvalue weighted by Crippen LogP contribution is -2.05. The van der Waals surface area contributed by atoms with E-state index < -0.39 is 11.7 Å². The van der Waals surface area contributed by atoms with E-state index in [4.69, 9.17) is 17.3 Å². The summed E-state index contributed by atoms with van der Waals surface area (Å²) >= 11 is 9.26. The maximum Gasteiger partial charge on any atom is 0.416 e. The number of nitrogen functional groups attached to an aromatic ring is 1. The van der Waals surface area contributed by atoms with Gasteiger partial charge in [0.1, 0.15) is 0 Å². The van der Waals surface area contributed by atoms with Gasteiger partial charge >= 0.3 is 6.18 Å². The van der Waals surface area contributed by atoms with Gasteiger partial charge in [0.05, 0.1) is 22.0 Å². The van der Waals surface area contributed by atoms with Crippen LogP contribution in [0, 0.1) is 6.92 Å². The molecule has 0 saturated heterocycles. The highest BCUT2D eigenvalue weighted by molar-refractivity contribution is 9.10. The third-order valence-corrected chi connectivity index (χ3v) is 3.90. The fourth-order valence-electron chi connectivity index (χ4n) is 1.74. The Morgan fingerprint density at radius 1 is 1.14 bits per heavy atom. The second kappa shape index (κ2) is 5.77. The van der Waals surface area contributed by atoms with Crippen LogP contribution < -0.4 is 11.1 Å². The van der Waals surface area contributed by atoms with Crippen LogP contribution in [-0.2, 0) is 6.18 Å². The second-order valence-electron chi connectivity index (χ2n) is 4.51. The van der Waals surface area contributed by atoms with Crippen molar-refractivity contribution in [1.82, 2.24) is 0 Å². The molecule has 0 radical (unpaired) electrons. The third-order valence-electron chi connectivity index (χ3n) is 2.92. The predicted octanol–water partition coefficient (Wildman–Crippen LogP) is 5.76. The molecular formula is C14H11BrClF3N2. The molecule has 0 bridgehead atoms.